The third-order valence-corrected chi connectivity index (χ3v) is 7.67. The Balaban J connectivity index is 1.13. The lowest BCUT2D eigenvalue weighted by atomic mass is 10.1. The summed E-state index contributed by atoms with van der Waals surface area (Å²) in [4.78, 5) is 42.9. The second kappa shape index (κ2) is 12.3. The van der Waals surface area contributed by atoms with Crippen molar-refractivity contribution in [1.29, 1.82) is 0 Å². The molecular formula is C30H32N6O4S. The molecule has 2 heterocycles. The number of anilines is 3. The summed E-state index contributed by atoms with van der Waals surface area (Å²) in [5, 5.41) is 17.4. The van der Waals surface area contributed by atoms with Crippen LogP contribution in [0.5, 0.6) is 0 Å². The van der Waals surface area contributed by atoms with Crippen molar-refractivity contribution < 1.29 is 14.5 Å². The summed E-state index contributed by atoms with van der Waals surface area (Å²) < 4.78 is 0. The molecule has 10 nitrogen and oxygen atoms in total. The topological polar surface area (TPSA) is 111 Å². The zero-order chi connectivity index (χ0) is 28.9. The molecular weight excluding hydrogens is 540 g/mol. The number of nitrogens with zero attached hydrogens (tertiary/aromatic N) is 4. The Bertz CT molecular complexity index is 1450. The summed E-state index contributed by atoms with van der Waals surface area (Å²) in [6, 6.07) is 19.8. The molecule has 5 rings (SSSR count). The Morgan fingerprint density at radius 1 is 0.829 bits per heavy atom. The summed E-state index contributed by atoms with van der Waals surface area (Å²) in [6.07, 6.45) is 1.99. The fourth-order valence-corrected chi connectivity index (χ4v) is 5.39. The minimum Gasteiger partial charge on any atom is -0.368 e. The van der Waals surface area contributed by atoms with Crippen molar-refractivity contribution >= 4 is 51.9 Å². The Hall–Kier alpha value is -4.51. The van der Waals surface area contributed by atoms with Crippen LogP contribution < -0.4 is 20.4 Å². The molecule has 0 spiro atoms. The quantitative estimate of drug-likeness (QED) is 0.251. The number of amides is 2. The summed E-state index contributed by atoms with van der Waals surface area (Å²) in [5.74, 6) is -0.467. The number of benzene rings is 3. The van der Waals surface area contributed by atoms with Gasteiger partial charge < -0.3 is 20.0 Å². The van der Waals surface area contributed by atoms with Gasteiger partial charge in [-0.05, 0) is 80.5 Å². The molecule has 3 aromatic carbocycles. The van der Waals surface area contributed by atoms with E-state index in [4.69, 9.17) is 12.2 Å². The third kappa shape index (κ3) is 6.63. The van der Waals surface area contributed by atoms with E-state index in [1.807, 2.05) is 65.3 Å². The fraction of sp³-hybridized carbons (Fsp3) is 0.300. The molecule has 2 fully saturated rings. The maximum absolute atomic E-state index is 12.8. The van der Waals surface area contributed by atoms with Crippen LogP contribution >= 0.6 is 12.2 Å². The van der Waals surface area contributed by atoms with Crippen molar-refractivity contribution in [2.24, 2.45) is 0 Å². The predicted octanol–water partition coefficient (Wildman–Crippen LogP) is 4.59. The van der Waals surface area contributed by atoms with Gasteiger partial charge in [-0.3, -0.25) is 25.0 Å². The number of carbonyl (C=O) groups is 2. The monoisotopic (exact) mass is 572 g/mol. The first kappa shape index (κ1) is 28.0. The van der Waals surface area contributed by atoms with Gasteiger partial charge in [0.05, 0.1) is 4.92 Å². The first-order valence-corrected chi connectivity index (χ1v) is 14.1. The van der Waals surface area contributed by atoms with E-state index in [-0.39, 0.29) is 22.3 Å². The summed E-state index contributed by atoms with van der Waals surface area (Å²) >= 11 is 5.32. The minimum atomic E-state index is -0.520. The minimum absolute atomic E-state index is 0.0527. The lowest BCUT2D eigenvalue weighted by Crippen LogP contribution is -2.48. The van der Waals surface area contributed by atoms with Crippen LogP contribution in [0, 0.1) is 17.0 Å². The molecule has 0 bridgehead atoms. The second-order valence-electron chi connectivity index (χ2n) is 10.3. The lowest BCUT2D eigenvalue weighted by molar-refractivity contribution is -0.384. The number of nitrogens with one attached hydrogen (secondary N) is 2. The molecule has 0 unspecified atom stereocenters. The average Bonchev–Trinajstić information content (AvgIpc) is 3.52. The van der Waals surface area contributed by atoms with Crippen molar-refractivity contribution in [2.45, 2.75) is 19.8 Å². The van der Waals surface area contributed by atoms with E-state index in [1.54, 1.807) is 12.1 Å². The van der Waals surface area contributed by atoms with E-state index < -0.39 is 10.8 Å². The van der Waals surface area contributed by atoms with Crippen molar-refractivity contribution in [1.82, 2.24) is 10.2 Å². The van der Waals surface area contributed by atoms with E-state index in [1.165, 1.54) is 6.07 Å². The van der Waals surface area contributed by atoms with Crippen molar-refractivity contribution in [3.8, 4) is 0 Å². The summed E-state index contributed by atoms with van der Waals surface area (Å²) in [5.41, 5.74) is 4.17. The number of thiocarbonyl (C=S) groups is 1. The van der Waals surface area contributed by atoms with Crippen LogP contribution in [-0.2, 0) is 0 Å². The molecule has 3 aromatic rings. The normalized spacial score (nSPS) is 15.0. The number of carbonyl (C=O) groups excluding carboxylic acids is 2. The molecule has 212 valence electrons. The highest BCUT2D eigenvalue weighted by molar-refractivity contribution is 7.80. The van der Waals surface area contributed by atoms with Gasteiger partial charge >= 0.3 is 0 Å². The number of nitro benzene ring substituents is 1. The standard InChI is InChI=1S/C30H32N6O4S/c1-21-4-6-22(7-5-21)29(38)35-18-16-33(17-19-35)25-11-9-24(10-12-25)31-30(41)32-28(37)23-8-13-26(27(20-23)36(39)40)34-14-2-3-15-34/h4-13,20H,2-3,14-19H2,1H3,(H2,31,32,37,41). The molecule has 0 aliphatic carbocycles. The van der Waals surface area contributed by atoms with Gasteiger partial charge in [-0.1, -0.05) is 17.7 Å². The molecule has 2 saturated heterocycles. The number of hydrogen-bond donors (Lipinski definition) is 2. The highest BCUT2D eigenvalue weighted by Crippen LogP contribution is 2.31. The van der Waals surface area contributed by atoms with Crippen LogP contribution in [0.25, 0.3) is 0 Å². The molecule has 0 atom stereocenters. The smallest absolute Gasteiger partial charge is 0.293 e. The number of nitro groups is 1. The number of rotatable bonds is 6. The number of aryl methyl sites for hydroxylation is 1. The average molecular weight is 573 g/mol. The van der Waals surface area contributed by atoms with Gasteiger partial charge in [0.15, 0.2) is 5.11 Å². The van der Waals surface area contributed by atoms with Crippen molar-refractivity contribution in [3.05, 3.63) is 93.5 Å². The van der Waals surface area contributed by atoms with E-state index in [0.29, 0.717) is 30.0 Å². The third-order valence-electron chi connectivity index (χ3n) is 7.46. The predicted molar refractivity (Wildman–Crippen MR) is 164 cm³/mol. The maximum atomic E-state index is 12.8. The van der Waals surface area contributed by atoms with Gasteiger partial charge in [0.1, 0.15) is 5.69 Å². The van der Waals surface area contributed by atoms with Crippen LogP contribution in [0.4, 0.5) is 22.7 Å². The van der Waals surface area contributed by atoms with Gasteiger partial charge in [0, 0.05) is 67.8 Å². The Morgan fingerprint density at radius 2 is 1.46 bits per heavy atom. The van der Waals surface area contributed by atoms with Crippen molar-refractivity contribution in [3.63, 3.8) is 0 Å². The summed E-state index contributed by atoms with van der Waals surface area (Å²) in [7, 11) is 0. The van der Waals surface area contributed by atoms with E-state index in [9.17, 15) is 19.7 Å². The van der Waals surface area contributed by atoms with Gasteiger partial charge in [-0.2, -0.15) is 0 Å². The van der Waals surface area contributed by atoms with Crippen LogP contribution in [0.1, 0.15) is 39.1 Å². The highest BCUT2D eigenvalue weighted by Gasteiger charge is 2.25. The maximum Gasteiger partial charge on any atom is 0.293 e. The Kier molecular flexibility index (Phi) is 8.44. The molecule has 2 amide bonds. The zero-order valence-corrected chi connectivity index (χ0v) is 23.7. The first-order chi connectivity index (χ1) is 19.8. The molecule has 2 aliphatic heterocycles. The number of hydrogen-bond acceptors (Lipinski definition) is 7. The first-order valence-electron chi connectivity index (χ1n) is 13.7. The summed E-state index contributed by atoms with van der Waals surface area (Å²) in [6.45, 7) is 6.26. The van der Waals surface area contributed by atoms with Gasteiger partial charge in [0.2, 0.25) is 0 Å². The van der Waals surface area contributed by atoms with E-state index in [0.717, 1.165) is 50.3 Å². The lowest BCUT2D eigenvalue weighted by Gasteiger charge is -2.36. The van der Waals surface area contributed by atoms with Crippen LogP contribution in [0.3, 0.4) is 0 Å². The van der Waals surface area contributed by atoms with E-state index >= 15 is 0 Å². The largest absolute Gasteiger partial charge is 0.368 e. The number of piperazine rings is 1. The SMILES string of the molecule is Cc1ccc(C(=O)N2CCN(c3ccc(NC(=S)NC(=O)c4ccc(N5CCCC5)c([N+](=O)[O-])c4)cc3)CC2)cc1. The molecule has 0 radical (unpaired) electrons. The van der Waals surface area contributed by atoms with Crippen LogP contribution in [0.2, 0.25) is 0 Å². The van der Waals surface area contributed by atoms with Crippen molar-refractivity contribution in [2.75, 3.05) is 54.4 Å². The molecule has 0 aromatic heterocycles. The molecule has 2 N–H and O–H groups in total. The molecule has 11 heteroatoms. The molecule has 0 saturated carbocycles. The fourth-order valence-electron chi connectivity index (χ4n) is 5.18. The van der Waals surface area contributed by atoms with E-state index in [2.05, 4.69) is 15.5 Å². The van der Waals surface area contributed by atoms with Gasteiger partial charge in [-0.15, -0.1) is 0 Å². The Labute approximate surface area is 244 Å². The molecule has 2 aliphatic rings. The van der Waals surface area contributed by atoms with Gasteiger partial charge in [0.25, 0.3) is 17.5 Å². The van der Waals surface area contributed by atoms with Crippen LogP contribution in [0.15, 0.2) is 66.7 Å². The second-order valence-corrected chi connectivity index (χ2v) is 10.7. The Morgan fingerprint density at radius 3 is 2.10 bits per heavy atom. The highest BCUT2D eigenvalue weighted by atomic mass is 32.1. The van der Waals surface area contributed by atoms with Crippen LogP contribution in [-0.4, -0.2) is 66.0 Å². The molecule has 41 heavy (non-hydrogen) atoms. The van der Waals surface area contributed by atoms with Gasteiger partial charge in [-0.25, -0.2) is 0 Å². The zero-order valence-electron chi connectivity index (χ0n) is 22.8.